The van der Waals surface area contributed by atoms with E-state index in [0.717, 1.165) is 5.56 Å². The molecule has 1 aromatic rings. The summed E-state index contributed by atoms with van der Waals surface area (Å²) < 4.78 is 4.50. The summed E-state index contributed by atoms with van der Waals surface area (Å²) in [5.41, 5.74) is 1.01. The van der Waals surface area contributed by atoms with Gasteiger partial charge in [0.25, 0.3) is 0 Å². The molecular formula is C25H28N2O5S. The average Bonchev–Trinajstić information content (AvgIpc) is 3.13. The Hall–Kier alpha value is -2.58. The summed E-state index contributed by atoms with van der Waals surface area (Å²) in [5.74, 6) is -2.13. The molecule has 4 heterocycles. The van der Waals surface area contributed by atoms with Crippen LogP contribution in [-0.2, 0) is 25.7 Å². The first-order valence-corrected chi connectivity index (χ1v) is 12.3. The third-order valence-electron chi connectivity index (χ3n) is 7.23. The minimum absolute atomic E-state index is 0.145. The summed E-state index contributed by atoms with van der Waals surface area (Å²) in [5, 5.41) is 9.87. The minimum Gasteiger partial charge on any atom is -0.461 e. The lowest BCUT2D eigenvalue weighted by molar-refractivity contribution is -0.152. The first-order chi connectivity index (χ1) is 16.0. The Labute approximate surface area is 197 Å². The van der Waals surface area contributed by atoms with Gasteiger partial charge in [-0.15, -0.1) is 11.8 Å². The van der Waals surface area contributed by atoms with Gasteiger partial charge in [0.05, 0.1) is 29.2 Å². The SMILES string of the molecule is CC[C@@H](CO)N1C(=O)[C@@H]2[C@@H]3C(=O)OCC=C[C@@H]3S[C@@]23C=CCN(Cc2ccccc2)C(=O)C13. The number of aliphatic hydroxyl groups is 1. The molecule has 4 aliphatic heterocycles. The molecule has 1 spiro atoms. The van der Waals surface area contributed by atoms with Gasteiger partial charge < -0.3 is 19.6 Å². The summed E-state index contributed by atoms with van der Waals surface area (Å²) in [4.78, 5) is 44.3. The van der Waals surface area contributed by atoms with Crippen LogP contribution in [0, 0.1) is 11.8 Å². The zero-order chi connectivity index (χ0) is 23.2. The fourth-order valence-electron chi connectivity index (χ4n) is 5.71. The minimum atomic E-state index is -0.877. The van der Waals surface area contributed by atoms with Gasteiger partial charge in [0.2, 0.25) is 11.8 Å². The molecule has 8 heteroatoms. The van der Waals surface area contributed by atoms with Gasteiger partial charge in [-0.05, 0) is 12.0 Å². The molecule has 33 heavy (non-hydrogen) atoms. The van der Waals surface area contributed by atoms with E-state index in [4.69, 9.17) is 4.74 Å². The van der Waals surface area contributed by atoms with Crippen LogP contribution in [0.15, 0.2) is 54.6 Å². The highest BCUT2D eigenvalue weighted by atomic mass is 32.2. The van der Waals surface area contributed by atoms with Gasteiger partial charge in [-0.1, -0.05) is 61.6 Å². The van der Waals surface area contributed by atoms with E-state index in [1.165, 1.54) is 11.8 Å². The van der Waals surface area contributed by atoms with Crippen LogP contribution in [0.1, 0.15) is 18.9 Å². The van der Waals surface area contributed by atoms with Gasteiger partial charge in [-0.25, -0.2) is 0 Å². The molecule has 1 unspecified atom stereocenters. The molecule has 6 atom stereocenters. The Kier molecular flexibility index (Phi) is 5.82. The first kappa shape index (κ1) is 22.2. The predicted molar refractivity (Wildman–Crippen MR) is 124 cm³/mol. The number of nitrogens with zero attached hydrogens (tertiary/aromatic N) is 2. The number of cyclic esters (lactones) is 1. The molecule has 2 fully saturated rings. The number of amides is 2. The lowest BCUT2D eigenvalue weighted by Gasteiger charge is -2.38. The summed E-state index contributed by atoms with van der Waals surface area (Å²) >= 11 is 1.52. The quantitative estimate of drug-likeness (QED) is 0.524. The van der Waals surface area contributed by atoms with E-state index in [-0.39, 0.29) is 30.3 Å². The molecular weight excluding hydrogens is 440 g/mol. The number of thioether (sulfide) groups is 1. The van der Waals surface area contributed by atoms with Crippen molar-refractivity contribution in [2.45, 2.75) is 42.0 Å². The topological polar surface area (TPSA) is 87.2 Å². The first-order valence-electron chi connectivity index (χ1n) is 11.5. The van der Waals surface area contributed by atoms with E-state index in [9.17, 15) is 19.5 Å². The molecule has 1 aromatic carbocycles. The number of carbonyl (C=O) groups excluding carboxylic acids is 3. The molecule has 0 aromatic heterocycles. The largest absolute Gasteiger partial charge is 0.461 e. The number of esters is 1. The second-order valence-electron chi connectivity index (χ2n) is 9.00. The number of hydrogen-bond donors (Lipinski definition) is 1. The maximum absolute atomic E-state index is 14.1. The van der Waals surface area contributed by atoms with Crippen LogP contribution in [0.3, 0.4) is 0 Å². The van der Waals surface area contributed by atoms with E-state index >= 15 is 0 Å². The maximum atomic E-state index is 14.1. The van der Waals surface area contributed by atoms with Gasteiger partial charge in [-0.2, -0.15) is 0 Å². The number of aliphatic hydroxyl groups excluding tert-OH is 1. The zero-order valence-electron chi connectivity index (χ0n) is 18.5. The van der Waals surface area contributed by atoms with Crippen molar-refractivity contribution in [3.8, 4) is 0 Å². The Morgan fingerprint density at radius 2 is 1.97 bits per heavy atom. The molecule has 2 saturated heterocycles. The average molecular weight is 469 g/mol. The van der Waals surface area contributed by atoms with Crippen molar-refractivity contribution in [1.29, 1.82) is 0 Å². The molecule has 174 valence electrons. The number of ether oxygens (including phenoxy) is 1. The van der Waals surface area contributed by atoms with E-state index < -0.39 is 34.6 Å². The van der Waals surface area contributed by atoms with Gasteiger partial charge in [0, 0.05) is 18.3 Å². The number of fused-ring (bicyclic) bond motifs is 2. The standard InChI is InChI=1S/C25H28N2O5S/c1-2-17(15-28)27-21-23(30)26(14-16-8-4-3-5-9-16)12-7-11-25(21)20(22(27)29)19-18(33-25)10-6-13-32-24(19)31/h3-11,17-21,28H,2,12-15H2,1H3/t17-,18-,19+,20-,21?,25-/m0/s1. The number of likely N-dealkylation sites (tertiary alicyclic amines) is 1. The van der Waals surface area contributed by atoms with Gasteiger partial charge >= 0.3 is 5.97 Å². The maximum Gasteiger partial charge on any atom is 0.311 e. The third-order valence-corrected chi connectivity index (χ3v) is 8.97. The van der Waals surface area contributed by atoms with Crippen molar-refractivity contribution in [2.75, 3.05) is 19.8 Å². The summed E-state index contributed by atoms with van der Waals surface area (Å²) in [7, 11) is 0. The highest BCUT2D eigenvalue weighted by Gasteiger charge is 2.71. The van der Waals surface area contributed by atoms with Crippen molar-refractivity contribution in [3.63, 3.8) is 0 Å². The molecule has 0 aliphatic carbocycles. The van der Waals surface area contributed by atoms with Crippen LogP contribution in [0.5, 0.6) is 0 Å². The monoisotopic (exact) mass is 468 g/mol. The molecule has 0 radical (unpaired) electrons. The molecule has 0 bridgehead atoms. The third kappa shape index (κ3) is 3.42. The second-order valence-corrected chi connectivity index (χ2v) is 10.5. The van der Waals surface area contributed by atoms with Gasteiger partial charge in [0.15, 0.2) is 0 Å². The number of carbonyl (C=O) groups is 3. The Morgan fingerprint density at radius 3 is 2.70 bits per heavy atom. The molecule has 2 amide bonds. The number of hydrogen-bond acceptors (Lipinski definition) is 6. The molecule has 1 N–H and O–H groups in total. The number of rotatable bonds is 5. The fourth-order valence-corrected chi connectivity index (χ4v) is 7.70. The molecule has 7 nitrogen and oxygen atoms in total. The van der Waals surface area contributed by atoms with Crippen LogP contribution in [-0.4, -0.2) is 74.5 Å². The van der Waals surface area contributed by atoms with Crippen LogP contribution in [0.2, 0.25) is 0 Å². The molecule has 5 rings (SSSR count). The summed E-state index contributed by atoms with van der Waals surface area (Å²) in [6, 6.07) is 8.49. The predicted octanol–water partition coefficient (Wildman–Crippen LogP) is 1.77. The normalized spacial score (nSPS) is 33.8. The van der Waals surface area contributed by atoms with Crippen molar-refractivity contribution in [3.05, 3.63) is 60.2 Å². The lowest BCUT2D eigenvalue weighted by atomic mass is 9.78. The Morgan fingerprint density at radius 1 is 1.18 bits per heavy atom. The van der Waals surface area contributed by atoms with E-state index in [1.807, 2.05) is 61.6 Å². The van der Waals surface area contributed by atoms with E-state index in [1.54, 1.807) is 9.80 Å². The summed E-state index contributed by atoms with van der Waals surface area (Å²) in [6.45, 7) is 2.71. The number of benzene rings is 1. The lowest BCUT2D eigenvalue weighted by Crippen LogP contribution is -2.56. The molecule has 0 saturated carbocycles. The highest BCUT2D eigenvalue weighted by molar-refractivity contribution is 8.02. The highest BCUT2D eigenvalue weighted by Crippen LogP contribution is 2.61. The van der Waals surface area contributed by atoms with Gasteiger partial charge in [0.1, 0.15) is 12.6 Å². The van der Waals surface area contributed by atoms with Gasteiger partial charge in [-0.3, -0.25) is 14.4 Å². The fraction of sp³-hybridized carbons (Fsp3) is 0.480. The Bertz CT molecular complexity index is 1010. The zero-order valence-corrected chi connectivity index (χ0v) is 19.3. The van der Waals surface area contributed by atoms with E-state index in [0.29, 0.717) is 19.5 Å². The van der Waals surface area contributed by atoms with Crippen LogP contribution < -0.4 is 0 Å². The van der Waals surface area contributed by atoms with Crippen LogP contribution in [0.25, 0.3) is 0 Å². The van der Waals surface area contributed by atoms with Crippen molar-refractivity contribution >= 4 is 29.5 Å². The van der Waals surface area contributed by atoms with E-state index in [2.05, 4.69) is 0 Å². The van der Waals surface area contributed by atoms with Crippen molar-refractivity contribution < 1.29 is 24.2 Å². The Balaban J connectivity index is 1.59. The van der Waals surface area contributed by atoms with Crippen molar-refractivity contribution in [1.82, 2.24) is 9.80 Å². The van der Waals surface area contributed by atoms with Crippen LogP contribution in [0.4, 0.5) is 0 Å². The van der Waals surface area contributed by atoms with Crippen molar-refractivity contribution in [2.24, 2.45) is 11.8 Å². The van der Waals surface area contributed by atoms with Crippen LogP contribution >= 0.6 is 11.8 Å². The summed E-state index contributed by atoms with van der Waals surface area (Å²) in [6.07, 6.45) is 8.21. The smallest absolute Gasteiger partial charge is 0.311 e. The molecule has 4 aliphatic rings. The second kappa shape index (κ2) is 8.65.